The summed E-state index contributed by atoms with van der Waals surface area (Å²) in [4.78, 5) is 0. The van der Waals surface area contributed by atoms with Gasteiger partial charge in [-0.2, -0.15) is 5.10 Å². The number of methoxy groups -OCH3 is 1. The number of benzene rings is 1. The van der Waals surface area contributed by atoms with Crippen LogP contribution in [0.25, 0.3) is 0 Å². The predicted octanol–water partition coefficient (Wildman–Crippen LogP) is 1.22. The van der Waals surface area contributed by atoms with Crippen molar-refractivity contribution in [1.29, 1.82) is 0 Å². The molecule has 0 atom stereocenters. The van der Waals surface area contributed by atoms with Crippen molar-refractivity contribution in [3.05, 3.63) is 47.8 Å². The van der Waals surface area contributed by atoms with E-state index in [9.17, 15) is 0 Å². The Kier molecular flexibility index (Phi) is 5.58. The van der Waals surface area contributed by atoms with Crippen LogP contribution in [0.15, 0.2) is 36.7 Å². The van der Waals surface area contributed by atoms with Gasteiger partial charge in [0, 0.05) is 18.3 Å². The Morgan fingerprint density at radius 2 is 2.25 bits per heavy atom. The molecule has 0 fully saturated rings. The fourth-order valence-electron chi connectivity index (χ4n) is 2.02. The first kappa shape index (κ1) is 14.6. The van der Waals surface area contributed by atoms with E-state index in [1.807, 2.05) is 24.5 Å². The number of nitrogens with zero attached hydrogens (tertiary/aromatic N) is 2. The molecule has 0 amide bonds. The first-order valence-electron chi connectivity index (χ1n) is 6.77. The van der Waals surface area contributed by atoms with Crippen molar-refractivity contribution in [3.63, 3.8) is 0 Å². The second kappa shape index (κ2) is 7.67. The summed E-state index contributed by atoms with van der Waals surface area (Å²) in [6, 6.07) is 8.12. The highest BCUT2D eigenvalue weighted by atomic mass is 16.5. The van der Waals surface area contributed by atoms with Crippen LogP contribution in [0.2, 0.25) is 0 Å². The molecule has 0 saturated heterocycles. The lowest BCUT2D eigenvalue weighted by molar-refractivity contribution is 0.269. The van der Waals surface area contributed by atoms with Gasteiger partial charge in [0.15, 0.2) is 0 Å². The van der Waals surface area contributed by atoms with Crippen molar-refractivity contribution >= 4 is 0 Å². The topological polar surface area (TPSA) is 59.3 Å². The molecule has 20 heavy (non-hydrogen) atoms. The van der Waals surface area contributed by atoms with Crippen LogP contribution in [0, 0.1) is 0 Å². The van der Waals surface area contributed by atoms with E-state index in [1.165, 1.54) is 5.56 Å². The number of aromatic nitrogens is 2. The fourth-order valence-corrected chi connectivity index (χ4v) is 2.02. The minimum atomic E-state index is 0.115. The highest BCUT2D eigenvalue weighted by Crippen LogP contribution is 2.12. The number of rotatable bonds is 8. The molecule has 0 unspecified atom stereocenters. The third-order valence-corrected chi connectivity index (χ3v) is 3.07. The molecule has 0 radical (unpaired) electrons. The van der Waals surface area contributed by atoms with Crippen LogP contribution in [-0.2, 0) is 19.5 Å². The highest BCUT2D eigenvalue weighted by molar-refractivity contribution is 5.28. The van der Waals surface area contributed by atoms with Gasteiger partial charge in [-0.05, 0) is 30.7 Å². The Morgan fingerprint density at radius 3 is 3.05 bits per heavy atom. The van der Waals surface area contributed by atoms with Crippen molar-refractivity contribution in [2.24, 2.45) is 0 Å². The van der Waals surface area contributed by atoms with Crippen LogP contribution >= 0.6 is 0 Å². The van der Waals surface area contributed by atoms with Crippen LogP contribution < -0.4 is 10.1 Å². The zero-order valence-corrected chi connectivity index (χ0v) is 11.7. The zero-order valence-electron chi connectivity index (χ0n) is 11.7. The van der Waals surface area contributed by atoms with E-state index < -0.39 is 0 Å². The zero-order chi connectivity index (χ0) is 14.2. The van der Waals surface area contributed by atoms with E-state index in [4.69, 9.17) is 9.84 Å². The van der Waals surface area contributed by atoms with Crippen LogP contribution in [0.5, 0.6) is 5.75 Å². The molecular formula is C15H21N3O2. The molecule has 0 aliphatic heterocycles. The van der Waals surface area contributed by atoms with Crippen molar-refractivity contribution < 1.29 is 9.84 Å². The van der Waals surface area contributed by atoms with Crippen LogP contribution in [0.4, 0.5) is 0 Å². The highest BCUT2D eigenvalue weighted by Gasteiger charge is 1.99. The molecule has 2 rings (SSSR count). The van der Waals surface area contributed by atoms with Gasteiger partial charge in [-0.3, -0.25) is 4.68 Å². The summed E-state index contributed by atoms with van der Waals surface area (Å²) >= 11 is 0. The van der Waals surface area contributed by atoms with E-state index in [1.54, 1.807) is 11.8 Å². The average molecular weight is 275 g/mol. The molecule has 2 N–H and O–H groups in total. The second-order valence-electron chi connectivity index (χ2n) is 4.61. The summed E-state index contributed by atoms with van der Waals surface area (Å²) in [5.41, 5.74) is 2.39. The predicted molar refractivity (Wildman–Crippen MR) is 77.7 cm³/mol. The molecule has 5 nitrogen and oxygen atoms in total. The summed E-state index contributed by atoms with van der Waals surface area (Å²) in [5.74, 6) is 0.896. The normalized spacial score (nSPS) is 10.7. The van der Waals surface area contributed by atoms with Crippen molar-refractivity contribution in [3.8, 4) is 5.75 Å². The monoisotopic (exact) mass is 275 g/mol. The maximum absolute atomic E-state index is 8.83. The van der Waals surface area contributed by atoms with Gasteiger partial charge in [0.1, 0.15) is 5.75 Å². The number of hydrogen-bond donors (Lipinski definition) is 2. The summed E-state index contributed by atoms with van der Waals surface area (Å²) < 4.78 is 6.95. The number of hydrogen-bond acceptors (Lipinski definition) is 4. The number of nitrogens with one attached hydrogen (secondary N) is 1. The molecule has 0 bridgehead atoms. The van der Waals surface area contributed by atoms with Crippen molar-refractivity contribution in [1.82, 2.24) is 15.1 Å². The fraction of sp³-hybridized carbons (Fsp3) is 0.400. The Bertz CT molecular complexity index is 525. The molecule has 0 saturated carbocycles. The molecule has 0 spiro atoms. The molecule has 1 heterocycles. The third kappa shape index (κ3) is 4.36. The Labute approximate surface area is 119 Å². The van der Waals surface area contributed by atoms with E-state index in [0.717, 1.165) is 30.8 Å². The number of ether oxygens (including phenoxy) is 1. The first-order chi connectivity index (χ1) is 9.81. The van der Waals surface area contributed by atoms with Gasteiger partial charge in [-0.1, -0.05) is 12.1 Å². The molecule has 1 aromatic carbocycles. The van der Waals surface area contributed by atoms with E-state index in [2.05, 4.69) is 22.5 Å². The van der Waals surface area contributed by atoms with Gasteiger partial charge in [-0.25, -0.2) is 0 Å². The number of aliphatic hydroxyl groups excluding tert-OH is 1. The van der Waals surface area contributed by atoms with Gasteiger partial charge in [-0.15, -0.1) is 0 Å². The summed E-state index contributed by atoms with van der Waals surface area (Å²) in [7, 11) is 1.68. The van der Waals surface area contributed by atoms with Crippen LogP contribution in [0.3, 0.4) is 0 Å². The van der Waals surface area contributed by atoms with Crippen LogP contribution in [-0.4, -0.2) is 35.1 Å². The molecule has 108 valence electrons. The van der Waals surface area contributed by atoms with E-state index >= 15 is 0 Å². The van der Waals surface area contributed by atoms with Gasteiger partial charge < -0.3 is 15.2 Å². The number of aliphatic hydroxyl groups is 1. The quantitative estimate of drug-likeness (QED) is 0.711. The summed E-state index contributed by atoms with van der Waals surface area (Å²) in [6.45, 7) is 2.35. The Hall–Kier alpha value is -1.85. The first-order valence-corrected chi connectivity index (χ1v) is 6.77. The SMILES string of the molecule is COc1cccc(CCNCc2cnn(CCO)c2)c1. The minimum Gasteiger partial charge on any atom is -0.497 e. The molecule has 2 aromatic rings. The minimum absolute atomic E-state index is 0.115. The molecule has 0 aliphatic rings. The summed E-state index contributed by atoms with van der Waals surface area (Å²) in [6.07, 6.45) is 4.74. The molecular weight excluding hydrogens is 254 g/mol. The lowest BCUT2D eigenvalue weighted by atomic mass is 10.1. The third-order valence-electron chi connectivity index (χ3n) is 3.07. The molecule has 1 aromatic heterocycles. The smallest absolute Gasteiger partial charge is 0.119 e. The van der Waals surface area contributed by atoms with E-state index in [-0.39, 0.29) is 6.61 Å². The summed E-state index contributed by atoms with van der Waals surface area (Å²) in [5, 5.41) is 16.4. The van der Waals surface area contributed by atoms with Gasteiger partial charge >= 0.3 is 0 Å². The van der Waals surface area contributed by atoms with E-state index in [0.29, 0.717) is 6.54 Å². The standard InChI is InChI=1S/C15H21N3O2/c1-20-15-4-2-3-13(9-15)5-6-16-10-14-11-17-18(12-14)7-8-19/h2-4,9,11-12,16,19H,5-8,10H2,1H3. The second-order valence-corrected chi connectivity index (χ2v) is 4.61. The Balaban J connectivity index is 1.72. The average Bonchev–Trinajstić information content (AvgIpc) is 2.92. The Morgan fingerprint density at radius 1 is 1.35 bits per heavy atom. The molecule has 5 heteroatoms. The lowest BCUT2D eigenvalue weighted by Crippen LogP contribution is -2.16. The van der Waals surface area contributed by atoms with Crippen LogP contribution in [0.1, 0.15) is 11.1 Å². The largest absolute Gasteiger partial charge is 0.497 e. The van der Waals surface area contributed by atoms with Crippen molar-refractivity contribution in [2.75, 3.05) is 20.3 Å². The van der Waals surface area contributed by atoms with Crippen molar-refractivity contribution in [2.45, 2.75) is 19.5 Å². The molecule has 0 aliphatic carbocycles. The lowest BCUT2D eigenvalue weighted by Gasteiger charge is -2.05. The maximum Gasteiger partial charge on any atom is 0.119 e. The van der Waals surface area contributed by atoms with Gasteiger partial charge in [0.2, 0.25) is 0 Å². The van der Waals surface area contributed by atoms with Gasteiger partial charge in [0.05, 0.1) is 26.5 Å². The van der Waals surface area contributed by atoms with Gasteiger partial charge in [0.25, 0.3) is 0 Å². The maximum atomic E-state index is 8.83.